The highest BCUT2D eigenvalue weighted by Gasteiger charge is 2.25. The van der Waals surface area contributed by atoms with Crippen molar-refractivity contribution >= 4 is 40.0 Å². The minimum absolute atomic E-state index is 0.0913. The summed E-state index contributed by atoms with van der Waals surface area (Å²) >= 11 is 7.54. The van der Waals surface area contributed by atoms with Gasteiger partial charge in [-0.2, -0.15) is 0 Å². The number of thioether (sulfide) groups is 1. The van der Waals surface area contributed by atoms with Gasteiger partial charge in [-0.25, -0.2) is 0 Å². The molecule has 0 aliphatic rings. The second-order valence-electron chi connectivity index (χ2n) is 5.97. The lowest BCUT2D eigenvalue weighted by molar-refractivity contribution is 0.0991. The number of benzene rings is 3. The Morgan fingerprint density at radius 1 is 0.885 bits per heavy atom. The number of para-hydroxylation sites is 1. The van der Waals surface area contributed by atoms with E-state index < -0.39 is 0 Å². The molecule has 1 unspecified atom stereocenters. The third kappa shape index (κ3) is 3.41. The van der Waals surface area contributed by atoms with Crippen LogP contribution in [0.2, 0.25) is 5.02 Å². The second-order valence-corrected chi connectivity index (χ2v) is 7.59. The summed E-state index contributed by atoms with van der Waals surface area (Å²) in [4.78, 5) is 17.6. The summed E-state index contributed by atoms with van der Waals surface area (Å²) in [6.07, 6.45) is 1.81. The van der Waals surface area contributed by atoms with Gasteiger partial charge in [0, 0.05) is 32.6 Å². The molecule has 0 bridgehead atoms. The number of aromatic nitrogens is 1. The van der Waals surface area contributed by atoms with E-state index in [1.165, 1.54) is 0 Å². The first-order valence-corrected chi connectivity index (χ1v) is 9.55. The quantitative estimate of drug-likeness (QED) is 0.316. The van der Waals surface area contributed by atoms with Crippen molar-refractivity contribution < 1.29 is 4.79 Å². The molecule has 0 aliphatic carbocycles. The Hall–Kier alpha value is -2.49. The summed E-state index contributed by atoms with van der Waals surface area (Å²) < 4.78 is 0. The minimum Gasteiger partial charge on any atom is -0.360 e. The number of ketones is 1. The van der Waals surface area contributed by atoms with Gasteiger partial charge < -0.3 is 4.98 Å². The first-order valence-electron chi connectivity index (χ1n) is 8.30. The predicted octanol–water partition coefficient (Wildman–Crippen LogP) is 6.54. The fourth-order valence-corrected chi connectivity index (χ4v) is 4.19. The van der Waals surface area contributed by atoms with E-state index in [0.717, 1.165) is 26.9 Å². The van der Waals surface area contributed by atoms with Crippen molar-refractivity contribution in [2.24, 2.45) is 0 Å². The fraction of sp³-hybridized carbons (Fsp3) is 0.0455. The Bertz CT molecular complexity index is 1040. The van der Waals surface area contributed by atoms with Crippen molar-refractivity contribution in [2.45, 2.75) is 10.1 Å². The zero-order valence-corrected chi connectivity index (χ0v) is 15.4. The molecule has 0 aliphatic heterocycles. The van der Waals surface area contributed by atoms with E-state index in [1.54, 1.807) is 11.8 Å². The Balaban J connectivity index is 1.74. The summed E-state index contributed by atoms with van der Waals surface area (Å²) in [5, 5.41) is 1.32. The highest BCUT2D eigenvalue weighted by atomic mass is 35.5. The average Bonchev–Trinajstić information content (AvgIpc) is 3.12. The van der Waals surface area contributed by atoms with Crippen LogP contribution in [-0.4, -0.2) is 10.8 Å². The summed E-state index contributed by atoms with van der Waals surface area (Å²) in [5.41, 5.74) is 2.68. The van der Waals surface area contributed by atoms with Gasteiger partial charge in [0.2, 0.25) is 0 Å². The number of hydrogen-bond donors (Lipinski definition) is 1. The predicted molar refractivity (Wildman–Crippen MR) is 109 cm³/mol. The molecule has 26 heavy (non-hydrogen) atoms. The number of aromatic amines is 1. The molecule has 3 aromatic carbocycles. The van der Waals surface area contributed by atoms with Gasteiger partial charge in [0.1, 0.15) is 0 Å². The molecule has 0 saturated carbocycles. The van der Waals surface area contributed by atoms with E-state index in [0.29, 0.717) is 5.02 Å². The normalized spacial score (nSPS) is 12.2. The van der Waals surface area contributed by atoms with Crippen LogP contribution in [0.15, 0.2) is 90.0 Å². The molecule has 0 amide bonds. The molecular weight excluding hydrogens is 362 g/mol. The van der Waals surface area contributed by atoms with Crippen molar-refractivity contribution in [3.05, 3.63) is 101 Å². The van der Waals surface area contributed by atoms with Crippen LogP contribution in [0.3, 0.4) is 0 Å². The van der Waals surface area contributed by atoms with Gasteiger partial charge in [0.15, 0.2) is 5.78 Å². The smallest absolute Gasteiger partial charge is 0.182 e. The maximum atomic E-state index is 13.4. The number of carbonyl (C=O) groups excluding carboxylic acids is 1. The topological polar surface area (TPSA) is 32.9 Å². The molecule has 0 saturated heterocycles. The number of Topliss-reactive ketones (excluding diaryl/α,β-unsaturated/α-hetero) is 1. The van der Waals surface area contributed by atoms with E-state index in [9.17, 15) is 4.79 Å². The number of H-pyrrole nitrogens is 1. The third-order valence-electron chi connectivity index (χ3n) is 4.26. The monoisotopic (exact) mass is 377 g/mol. The minimum atomic E-state index is -0.323. The number of nitrogens with one attached hydrogen (secondary N) is 1. The van der Waals surface area contributed by atoms with Crippen LogP contribution in [0.1, 0.15) is 21.2 Å². The van der Waals surface area contributed by atoms with Crippen molar-refractivity contribution in [1.82, 2.24) is 4.98 Å². The summed E-state index contributed by atoms with van der Waals surface area (Å²) in [6, 6.07) is 25.4. The molecule has 0 fully saturated rings. The molecule has 1 aromatic heterocycles. The number of fused-ring (bicyclic) bond motifs is 1. The van der Waals surface area contributed by atoms with Crippen LogP contribution in [-0.2, 0) is 0 Å². The largest absolute Gasteiger partial charge is 0.360 e. The molecule has 4 rings (SSSR count). The molecule has 1 heterocycles. The number of carbonyl (C=O) groups is 1. The van der Waals surface area contributed by atoms with Gasteiger partial charge in [-0.15, -0.1) is 11.8 Å². The molecule has 0 spiro atoms. The summed E-state index contributed by atoms with van der Waals surface area (Å²) in [7, 11) is 0. The van der Waals surface area contributed by atoms with Gasteiger partial charge >= 0.3 is 0 Å². The van der Waals surface area contributed by atoms with Crippen LogP contribution in [0.5, 0.6) is 0 Å². The lowest BCUT2D eigenvalue weighted by Gasteiger charge is -2.16. The second kappa shape index (κ2) is 7.40. The molecular formula is C22H16ClNOS. The third-order valence-corrected chi connectivity index (χ3v) is 5.78. The van der Waals surface area contributed by atoms with Gasteiger partial charge in [0.25, 0.3) is 0 Å². The highest BCUT2D eigenvalue weighted by molar-refractivity contribution is 8.00. The van der Waals surface area contributed by atoms with E-state index >= 15 is 0 Å². The molecule has 0 radical (unpaired) electrons. The van der Waals surface area contributed by atoms with Crippen LogP contribution >= 0.6 is 23.4 Å². The van der Waals surface area contributed by atoms with Crippen molar-refractivity contribution in [3.63, 3.8) is 0 Å². The standard InChI is InChI=1S/C22H16ClNOS/c23-16-10-12-17(13-11-16)26-22(15-6-2-1-3-7-15)21(25)19-14-24-20-9-5-4-8-18(19)20/h1-14,22,24H. The zero-order chi connectivity index (χ0) is 17.9. The Morgan fingerprint density at radius 2 is 1.58 bits per heavy atom. The van der Waals surface area contributed by atoms with Crippen molar-refractivity contribution in [3.8, 4) is 0 Å². The molecule has 1 atom stereocenters. The number of hydrogen-bond acceptors (Lipinski definition) is 2. The fourth-order valence-electron chi connectivity index (χ4n) is 2.97. The number of rotatable bonds is 5. The lowest BCUT2D eigenvalue weighted by Crippen LogP contribution is -2.09. The molecule has 4 heteroatoms. The summed E-state index contributed by atoms with van der Waals surface area (Å²) in [5.74, 6) is 0.0913. The van der Waals surface area contributed by atoms with E-state index in [4.69, 9.17) is 11.6 Å². The highest BCUT2D eigenvalue weighted by Crippen LogP contribution is 2.39. The van der Waals surface area contributed by atoms with E-state index in [2.05, 4.69) is 4.98 Å². The number of halogens is 1. The Labute approximate surface area is 161 Å². The van der Waals surface area contributed by atoms with Gasteiger partial charge in [-0.05, 0) is 35.9 Å². The zero-order valence-electron chi connectivity index (χ0n) is 13.9. The van der Waals surface area contributed by atoms with Gasteiger partial charge in [-0.3, -0.25) is 4.79 Å². The maximum Gasteiger partial charge on any atom is 0.182 e. The van der Waals surface area contributed by atoms with Crippen molar-refractivity contribution in [2.75, 3.05) is 0 Å². The molecule has 4 aromatic rings. The van der Waals surface area contributed by atoms with Crippen LogP contribution in [0.4, 0.5) is 0 Å². The van der Waals surface area contributed by atoms with E-state index in [1.807, 2.05) is 85.1 Å². The Kier molecular flexibility index (Phi) is 4.83. The lowest BCUT2D eigenvalue weighted by atomic mass is 10.0. The maximum absolute atomic E-state index is 13.4. The van der Waals surface area contributed by atoms with Gasteiger partial charge in [0.05, 0.1) is 5.25 Å². The first-order chi connectivity index (χ1) is 12.7. The van der Waals surface area contributed by atoms with Crippen LogP contribution < -0.4 is 0 Å². The van der Waals surface area contributed by atoms with Crippen LogP contribution in [0, 0.1) is 0 Å². The van der Waals surface area contributed by atoms with Crippen LogP contribution in [0.25, 0.3) is 10.9 Å². The molecule has 1 N–H and O–H groups in total. The molecule has 128 valence electrons. The first kappa shape index (κ1) is 17.0. The SMILES string of the molecule is O=C(c1c[nH]c2ccccc12)C(Sc1ccc(Cl)cc1)c1ccccc1. The van der Waals surface area contributed by atoms with Gasteiger partial charge in [-0.1, -0.05) is 60.1 Å². The average molecular weight is 378 g/mol. The Morgan fingerprint density at radius 3 is 2.35 bits per heavy atom. The van der Waals surface area contributed by atoms with E-state index in [-0.39, 0.29) is 11.0 Å². The summed E-state index contributed by atoms with van der Waals surface area (Å²) in [6.45, 7) is 0. The molecule has 2 nitrogen and oxygen atoms in total. The van der Waals surface area contributed by atoms with Crippen molar-refractivity contribution in [1.29, 1.82) is 0 Å².